The van der Waals surface area contributed by atoms with Gasteiger partial charge in [0.2, 0.25) is 5.89 Å². The minimum atomic E-state index is 0.302. The molecule has 0 aliphatic rings. The van der Waals surface area contributed by atoms with E-state index in [1.165, 1.54) is 0 Å². The van der Waals surface area contributed by atoms with Gasteiger partial charge in [-0.1, -0.05) is 20.8 Å². The van der Waals surface area contributed by atoms with E-state index in [1.807, 2.05) is 13.8 Å². The third-order valence-electron chi connectivity index (χ3n) is 2.00. The predicted octanol–water partition coefficient (Wildman–Crippen LogP) is 2.43. The highest BCUT2D eigenvalue weighted by atomic mass is 16.4. The van der Waals surface area contributed by atoms with Crippen LogP contribution in [0.5, 0.6) is 0 Å². The van der Waals surface area contributed by atoms with Gasteiger partial charge in [-0.2, -0.15) is 0 Å². The third kappa shape index (κ3) is 3.50. The molecule has 1 N–H and O–H groups in total. The average molecular weight is 196 g/mol. The maximum absolute atomic E-state index is 5.46. The molecule has 1 rings (SSSR count). The summed E-state index contributed by atoms with van der Waals surface area (Å²) in [5.41, 5.74) is 1.29. The van der Waals surface area contributed by atoms with Crippen molar-refractivity contribution in [1.82, 2.24) is 10.3 Å². The second-order valence-corrected chi connectivity index (χ2v) is 4.91. The Balaban J connectivity index is 2.39. The molecule has 0 aliphatic carbocycles. The Hall–Kier alpha value is -0.830. The van der Waals surface area contributed by atoms with Crippen molar-refractivity contribution in [2.75, 3.05) is 6.54 Å². The molecule has 0 amide bonds. The number of nitrogens with one attached hydrogen (secondary N) is 1. The standard InChI is InChI=1S/C11H20N2O/c1-8-9(2)14-10(13-8)6-12-7-11(3,4)5/h12H,6-7H2,1-5H3. The smallest absolute Gasteiger partial charge is 0.208 e. The predicted molar refractivity (Wildman–Crippen MR) is 57.1 cm³/mol. The molecule has 14 heavy (non-hydrogen) atoms. The maximum Gasteiger partial charge on any atom is 0.208 e. The van der Waals surface area contributed by atoms with Gasteiger partial charge in [0.05, 0.1) is 12.2 Å². The second-order valence-electron chi connectivity index (χ2n) is 4.91. The SMILES string of the molecule is Cc1nc(CNCC(C)(C)C)oc1C. The Labute approximate surface area is 85.9 Å². The van der Waals surface area contributed by atoms with Crippen LogP contribution in [0.1, 0.15) is 38.1 Å². The van der Waals surface area contributed by atoms with Crippen LogP contribution in [0.4, 0.5) is 0 Å². The van der Waals surface area contributed by atoms with Crippen LogP contribution in [-0.2, 0) is 6.54 Å². The van der Waals surface area contributed by atoms with Crippen LogP contribution in [0.3, 0.4) is 0 Å². The van der Waals surface area contributed by atoms with Crippen LogP contribution in [0, 0.1) is 19.3 Å². The first-order valence-corrected chi connectivity index (χ1v) is 5.02. The topological polar surface area (TPSA) is 38.1 Å². The molecule has 0 atom stereocenters. The Bertz CT molecular complexity index is 277. The highest BCUT2D eigenvalue weighted by Gasteiger charge is 2.10. The Morgan fingerprint density at radius 1 is 1.29 bits per heavy atom. The summed E-state index contributed by atoms with van der Waals surface area (Å²) < 4.78 is 5.46. The fraction of sp³-hybridized carbons (Fsp3) is 0.727. The summed E-state index contributed by atoms with van der Waals surface area (Å²) >= 11 is 0. The number of rotatable bonds is 3. The fourth-order valence-corrected chi connectivity index (χ4v) is 1.16. The fourth-order valence-electron chi connectivity index (χ4n) is 1.16. The molecule has 0 aromatic carbocycles. The average Bonchev–Trinajstić information content (AvgIpc) is 2.28. The molecule has 1 aromatic heterocycles. The Morgan fingerprint density at radius 3 is 2.36 bits per heavy atom. The number of oxazole rings is 1. The lowest BCUT2D eigenvalue weighted by molar-refractivity contribution is 0.361. The van der Waals surface area contributed by atoms with Crippen molar-refractivity contribution >= 4 is 0 Å². The molecular formula is C11H20N2O. The van der Waals surface area contributed by atoms with Crippen LogP contribution in [0.2, 0.25) is 0 Å². The summed E-state index contributed by atoms with van der Waals surface area (Å²) in [7, 11) is 0. The zero-order valence-corrected chi connectivity index (χ0v) is 9.77. The summed E-state index contributed by atoms with van der Waals surface area (Å²) in [6.07, 6.45) is 0. The summed E-state index contributed by atoms with van der Waals surface area (Å²) in [6.45, 7) is 12.2. The third-order valence-corrected chi connectivity index (χ3v) is 2.00. The van der Waals surface area contributed by atoms with Crippen molar-refractivity contribution in [2.24, 2.45) is 5.41 Å². The summed E-state index contributed by atoms with van der Waals surface area (Å²) in [5.74, 6) is 1.70. The van der Waals surface area contributed by atoms with Gasteiger partial charge in [0.1, 0.15) is 5.76 Å². The van der Waals surface area contributed by atoms with E-state index in [2.05, 4.69) is 31.1 Å². The van der Waals surface area contributed by atoms with E-state index in [0.29, 0.717) is 12.0 Å². The molecule has 0 saturated heterocycles. The van der Waals surface area contributed by atoms with E-state index < -0.39 is 0 Å². The highest BCUT2D eigenvalue weighted by molar-refractivity contribution is 5.05. The number of aryl methyl sites for hydroxylation is 2. The normalized spacial score (nSPS) is 12.1. The van der Waals surface area contributed by atoms with Crippen molar-refractivity contribution in [2.45, 2.75) is 41.2 Å². The number of hydrogen-bond acceptors (Lipinski definition) is 3. The van der Waals surface area contributed by atoms with Crippen molar-refractivity contribution < 1.29 is 4.42 Å². The van der Waals surface area contributed by atoms with Gasteiger partial charge >= 0.3 is 0 Å². The molecule has 0 unspecified atom stereocenters. The minimum absolute atomic E-state index is 0.302. The maximum atomic E-state index is 5.46. The first-order chi connectivity index (χ1) is 6.38. The van der Waals surface area contributed by atoms with Crippen LogP contribution in [0.15, 0.2) is 4.42 Å². The van der Waals surface area contributed by atoms with E-state index in [1.54, 1.807) is 0 Å². The van der Waals surface area contributed by atoms with Crippen LogP contribution < -0.4 is 5.32 Å². The molecule has 0 saturated carbocycles. The first kappa shape index (κ1) is 11.2. The monoisotopic (exact) mass is 196 g/mol. The molecular weight excluding hydrogens is 176 g/mol. The van der Waals surface area contributed by atoms with Crippen LogP contribution in [0.25, 0.3) is 0 Å². The molecule has 0 fully saturated rings. The zero-order valence-electron chi connectivity index (χ0n) is 9.77. The number of hydrogen-bond donors (Lipinski definition) is 1. The molecule has 80 valence electrons. The van der Waals surface area contributed by atoms with Gasteiger partial charge in [0.15, 0.2) is 0 Å². The molecule has 1 heterocycles. The van der Waals surface area contributed by atoms with Crippen LogP contribution >= 0.6 is 0 Å². The van der Waals surface area contributed by atoms with E-state index in [-0.39, 0.29) is 0 Å². The molecule has 0 radical (unpaired) electrons. The minimum Gasteiger partial charge on any atom is -0.444 e. The van der Waals surface area contributed by atoms with Gasteiger partial charge in [0.25, 0.3) is 0 Å². The summed E-state index contributed by atoms with van der Waals surface area (Å²) in [6, 6.07) is 0. The molecule has 0 spiro atoms. The lowest BCUT2D eigenvalue weighted by Crippen LogP contribution is -2.26. The van der Waals surface area contributed by atoms with Crippen molar-refractivity contribution in [3.05, 3.63) is 17.3 Å². The number of aromatic nitrogens is 1. The van der Waals surface area contributed by atoms with Gasteiger partial charge in [-0.25, -0.2) is 4.98 Å². The Morgan fingerprint density at radius 2 is 1.93 bits per heavy atom. The van der Waals surface area contributed by atoms with Gasteiger partial charge in [-0.15, -0.1) is 0 Å². The van der Waals surface area contributed by atoms with E-state index in [0.717, 1.165) is 23.9 Å². The molecule has 0 aliphatic heterocycles. The molecule has 0 bridgehead atoms. The van der Waals surface area contributed by atoms with Gasteiger partial charge < -0.3 is 9.73 Å². The summed E-state index contributed by atoms with van der Waals surface area (Å²) in [5, 5.41) is 3.33. The molecule has 3 heteroatoms. The number of nitrogens with zero attached hydrogens (tertiary/aromatic N) is 1. The van der Waals surface area contributed by atoms with E-state index in [4.69, 9.17) is 4.42 Å². The van der Waals surface area contributed by atoms with E-state index >= 15 is 0 Å². The van der Waals surface area contributed by atoms with Crippen molar-refractivity contribution in [3.63, 3.8) is 0 Å². The second kappa shape index (κ2) is 4.13. The zero-order chi connectivity index (χ0) is 10.8. The largest absolute Gasteiger partial charge is 0.444 e. The van der Waals surface area contributed by atoms with Crippen molar-refractivity contribution in [1.29, 1.82) is 0 Å². The van der Waals surface area contributed by atoms with Gasteiger partial charge in [0, 0.05) is 6.54 Å². The molecule has 3 nitrogen and oxygen atoms in total. The van der Waals surface area contributed by atoms with E-state index in [9.17, 15) is 0 Å². The summed E-state index contributed by atoms with van der Waals surface area (Å²) in [4.78, 5) is 4.30. The lowest BCUT2D eigenvalue weighted by atomic mass is 9.97. The lowest BCUT2D eigenvalue weighted by Gasteiger charge is -2.17. The van der Waals surface area contributed by atoms with Crippen LogP contribution in [-0.4, -0.2) is 11.5 Å². The van der Waals surface area contributed by atoms with Gasteiger partial charge in [-0.05, 0) is 19.3 Å². The Kier molecular flexibility index (Phi) is 3.32. The van der Waals surface area contributed by atoms with Gasteiger partial charge in [-0.3, -0.25) is 0 Å². The molecule has 1 aromatic rings. The quantitative estimate of drug-likeness (QED) is 0.806. The highest BCUT2D eigenvalue weighted by Crippen LogP contribution is 2.11. The van der Waals surface area contributed by atoms with Crippen molar-refractivity contribution in [3.8, 4) is 0 Å². The first-order valence-electron chi connectivity index (χ1n) is 5.02.